The molecule has 3 aromatic rings. The summed E-state index contributed by atoms with van der Waals surface area (Å²) in [6, 6.07) is 8.41. The van der Waals surface area contributed by atoms with Gasteiger partial charge in [0, 0.05) is 11.6 Å². The molecule has 0 aliphatic rings. The molecule has 0 radical (unpaired) electrons. The number of halogens is 1. The molecule has 1 aromatic carbocycles. The van der Waals surface area contributed by atoms with Gasteiger partial charge >= 0.3 is 12.0 Å². The quantitative estimate of drug-likeness (QED) is 0.403. The van der Waals surface area contributed by atoms with E-state index in [0.717, 1.165) is 16.9 Å². The van der Waals surface area contributed by atoms with Crippen LogP contribution in [0.5, 0.6) is 5.75 Å². The number of carboxylic acid groups (broad SMARTS) is 1. The number of benzene rings is 1. The molecule has 11 heteroatoms. The first-order chi connectivity index (χ1) is 13.9. The van der Waals surface area contributed by atoms with Gasteiger partial charge in [0.25, 0.3) is 5.56 Å². The second-order valence-corrected chi connectivity index (χ2v) is 7.13. The van der Waals surface area contributed by atoms with E-state index in [9.17, 15) is 19.5 Å². The Hall–Kier alpha value is -3.37. The summed E-state index contributed by atoms with van der Waals surface area (Å²) in [4.78, 5) is 41.5. The SMILES string of the molecule is O=C(NCCc1ccccc1Cl)Nc1ccsc1-c1nc(C(=O)O)c(O)c(=O)[nH]1. The number of aromatic hydroxyl groups is 1. The minimum atomic E-state index is -1.54. The van der Waals surface area contributed by atoms with Gasteiger partial charge in [-0.1, -0.05) is 29.8 Å². The molecule has 29 heavy (non-hydrogen) atoms. The third-order valence-electron chi connectivity index (χ3n) is 3.86. The summed E-state index contributed by atoms with van der Waals surface area (Å²) in [7, 11) is 0. The van der Waals surface area contributed by atoms with Gasteiger partial charge in [-0.15, -0.1) is 11.3 Å². The number of nitrogens with one attached hydrogen (secondary N) is 3. The number of rotatable bonds is 6. The molecule has 0 aliphatic carbocycles. The lowest BCUT2D eigenvalue weighted by atomic mass is 10.1. The molecule has 150 valence electrons. The van der Waals surface area contributed by atoms with E-state index < -0.39 is 29.0 Å². The van der Waals surface area contributed by atoms with Gasteiger partial charge in [-0.25, -0.2) is 14.6 Å². The highest BCUT2D eigenvalue weighted by atomic mass is 35.5. The van der Waals surface area contributed by atoms with Crippen molar-refractivity contribution in [2.45, 2.75) is 6.42 Å². The van der Waals surface area contributed by atoms with Crippen molar-refractivity contribution in [1.29, 1.82) is 0 Å². The van der Waals surface area contributed by atoms with Crippen molar-refractivity contribution in [3.63, 3.8) is 0 Å². The summed E-state index contributed by atoms with van der Waals surface area (Å²) >= 11 is 7.21. The molecule has 0 fully saturated rings. The van der Waals surface area contributed by atoms with E-state index in [-0.39, 0.29) is 5.82 Å². The Balaban J connectivity index is 1.71. The zero-order chi connectivity index (χ0) is 21.0. The van der Waals surface area contributed by atoms with Crippen molar-refractivity contribution in [1.82, 2.24) is 15.3 Å². The number of amides is 2. The fourth-order valence-electron chi connectivity index (χ4n) is 2.49. The molecule has 0 aliphatic heterocycles. The lowest BCUT2D eigenvalue weighted by Crippen LogP contribution is -2.30. The minimum Gasteiger partial charge on any atom is -0.501 e. The molecule has 2 heterocycles. The first-order valence-corrected chi connectivity index (χ1v) is 9.55. The molecule has 0 unspecified atom stereocenters. The summed E-state index contributed by atoms with van der Waals surface area (Å²) < 4.78 is 0. The Morgan fingerprint density at radius 3 is 2.72 bits per heavy atom. The monoisotopic (exact) mass is 434 g/mol. The number of urea groups is 1. The predicted molar refractivity (Wildman–Crippen MR) is 109 cm³/mol. The van der Waals surface area contributed by atoms with Crippen LogP contribution in [-0.4, -0.2) is 38.7 Å². The van der Waals surface area contributed by atoms with Crippen LogP contribution in [0.2, 0.25) is 5.02 Å². The molecule has 5 N–H and O–H groups in total. The number of carbonyl (C=O) groups excluding carboxylic acids is 1. The first kappa shape index (κ1) is 20.4. The topological polar surface area (TPSA) is 144 Å². The van der Waals surface area contributed by atoms with E-state index in [1.165, 1.54) is 0 Å². The maximum absolute atomic E-state index is 12.2. The summed E-state index contributed by atoms with van der Waals surface area (Å²) in [5.41, 5.74) is -0.531. The second-order valence-electron chi connectivity index (χ2n) is 5.80. The maximum atomic E-state index is 12.2. The number of hydrogen-bond donors (Lipinski definition) is 5. The second kappa shape index (κ2) is 8.76. The van der Waals surface area contributed by atoms with Crippen LogP contribution in [0.1, 0.15) is 16.1 Å². The third-order valence-corrected chi connectivity index (χ3v) is 5.15. The average molecular weight is 435 g/mol. The van der Waals surface area contributed by atoms with Crippen LogP contribution in [0, 0.1) is 0 Å². The molecule has 0 atom stereocenters. The number of aromatic nitrogens is 2. The highest BCUT2D eigenvalue weighted by molar-refractivity contribution is 7.14. The Kier molecular flexibility index (Phi) is 6.15. The smallest absolute Gasteiger partial charge is 0.358 e. The molecule has 0 saturated heterocycles. The Bertz CT molecular complexity index is 1130. The van der Waals surface area contributed by atoms with Gasteiger partial charge in [-0.3, -0.25) is 4.79 Å². The van der Waals surface area contributed by atoms with E-state index in [0.29, 0.717) is 28.6 Å². The molecule has 0 saturated carbocycles. The number of carboxylic acids is 1. The number of H-pyrrole nitrogens is 1. The van der Waals surface area contributed by atoms with Gasteiger partial charge in [0.2, 0.25) is 5.75 Å². The van der Waals surface area contributed by atoms with E-state index in [4.69, 9.17) is 16.7 Å². The fraction of sp³-hybridized carbons (Fsp3) is 0.111. The first-order valence-electron chi connectivity index (χ1n) is 8.29. The molecule has 0 spiro atoms. The maximum Gasteiger partial charge on any atom is 0.358 e. The van der Waals surface area contributed by atoms with Gasteiger partial charge in [0.1, 0.15) is 0 Å². The molecule has 2 amide bonds. The van der Waals surface area contributed by atoms with Crippen molar-refractivity contribution in [2.24, 2.45) is 0 Å². The van der Waals surface area contributed by atoms with Crippen molar-refractivity contribution in [2.75, 3.05) is 11.9 Å². The molecule has 9 nitrogen and oxygen atoms in total. The van der Waals surface area contributed by atoms with Gasteiger partial charge in [0.05, 0.1) is 10.6 Å². The van der Waals surface area contributed by atoms with Gasteiger partial charge in [-0.2, -0.15) is 0 Å². The summed E-state index contributed by atoms with van der Waals surface area (Å²) in [5.74, 6) is -2.60. The lowest BCUT2D eigenvalue weighted by Gasteiger charge is -2.09. The molecule has 2 aromatic heterocycles. The molecule has 3 rings (SSSR count). The van der Waals surface area contributed by atoms with Crippen molar-refractivity contribution >= 4 is 40.6 Å². The number of thiophene rings is 1. The standard InChI is InChI=1S/C18H15ClN4O5S/c19-10-4-2-1-3-9(10)5-7-20-18(28)21-11-6-8-29-14(11)15-22-12(17(26)27)13(24)16(25)23-15/h1-4,6,8,24H,5,7H2,(H,26,27)(H2,20,21,28)(H,22,23,25). The lowest BCUT2D eigenvalue weighted by molar-refractivity contribution is 0.0686. The predicted octanol–water partition coefficient (Wildman–Crippen LogP) is 2.92. The largest absolute Gasteiger partial charge is 0.501 e. The molecular formula is C18H15ClN4O5S. The zero-order valence-corrected chi connectivity index (χ0v) is 16.3. The van der Waals surface area contributed by atoms with E-state index >= 15 is 0 Å². The van der Waals surface area contributed by atoms with E-state index in [1.807, 2.05) is 18.2 Å². The Labute approximate surface area is 173 Å². The van der Waals surface area contributed by atoms with Crippen LogP contribution < -0.4 is 16.2 Å². The van der Waals surface area contributed by atoms with Crippen LogP contribution in [0.15, 0.2) is 40.5 Å². The van der Waals surface area contributed by atoms with Crippen molar-refractivity contribution < 1.29 is 19.8 Å². The van der Waals surface area contributed by atoms with Gasteiger partial charge < -0.3 is 25.8 Å². The zero-order valence-electron chi connectivity index (χ0n) is 14.7. The Morgan fingerprint density at radius 1 is 1.24 bits per heavy atom. The van der Waals surface area contributed by atoms with Crippen LogP contribution in [0.4, 0.5) is 10.5 Å². The van der Waals surface area contributed by atoms with E-state index in [2.05, 4.69) is 20.6 Å². The average Bonchev–Trinajstić information content (AvgIpc) is 3.13. The number of carbonyl (C=O) groups is 2. The number of hydrogen-bond acceptors (Lipinski definition) is 6. The number of anilines is 1. The third kappa shape index (κ3) is 4.73. The van der Waals surface area contributed by atoms with Crippen molar-refractivity contribution in [3.05, 3.63) is 62.3 Å². The van der Waals surface area contributed by atoms with Crippen LogP contribution in [0.3, 0.4) is 0 Å². The number of aromatic amines is 1. The molecule has 0 bridgehead atoms. The summed E-state index contributed by atoms with van der Waals surface area (Å²) in [5, 5.41) is 26.2. The van der Waals surface area contributed by atoms with Crippen molar-refractivity contribution in [3.8, 4) is 16.5 Å². The van der Waals surface area contributed by atoms with Gasteiger partial charge in [-0.05, 0) is 29.5 Å². The number of nitrogens with zero attached hydrogens (tertiary/aromatic N) is 1. The number of aromatic carboxylic acids is 1. The Morgan fingerprint density at radius 2 is 2.00 bits per heavy atom. The summed E-state index contributed by atoms with van der Waals surface area (Å²) in [6.45, 7) is 0.340. The summed E-state index contributed by atoms with van der Waals surface area (Å²) in [6.07, 6.45) is 0.540. The van der Waals surface area contributed by atoms with Gasteiger partial charge in [0.15, 0.2) is 11.5 Å². The molecular weight excluding hydrogens is 420 g/mol. The van der Waals surface area contributed by atoms with E-state index in [1.54, 1.807) is 17.5 Å². The normalized spacial score (nSPS) is 10.5. The fourth-order valence-corrected chi connectivity index (χ4v) is 3.52. The van der Waals surface area contributed by atoms with Crippen LogP contribution >= 0.6 is 22.9 Å². The minimum absolute atomic E-state index is 0.0773. The highest BCUT2D eigenvalue weighted by Gasteiger charge is 2.20. The highest BCUT2D eigenvalue weighted by Crippen LogP contribution is 2.31. The van der Waals surface area contributed by atoms with Crippen LogP contribution in [0.25, 0.3) is 10.7 Å². The van der Waals surface area contributed by atoms with Crippen LogP contribution in [-0.2, 0) is 6.42 Å².